The smallest absolute Gasteiger partial charge is 0.410 e. The summed E-state index contributed by atoms with van der Waals surface area (Å²) in [6.07, 6.45) is -1.61. The van der Waals surface area contributed by atoms with Gasteiger partial charge in [-0.1, -0.05) is 105 Å². The Morgan fingerprint density at radius 1 is 0.810 bits per heavy atom. The second-order valence-corrected chi connectivity index (χ2v) is 24.3. The highest BCUT2D eigenvalue weighted by molar-refractivity contribution is 7.85. The molecule has 25 nitrogen and oxygen atoms in total. The summed E-state index contributed by atoms with van der Waals surface area (Å²) in [5.74, 6) is -5.44. The lowest BCUT2D eigenvalue weighted by Gasteiger charge is -2.41. The minimum Gasteiger partial charge on any atom is -0.444 e. The van der Waals surface area contributed by atoms with Crippen LogP contribution in [0.5, 0.6) is 0 Å². The molecule has 0 bridgehead atoms. The van der Waals surface area contributed by atoms with Crippen LogP contribution in [0.4, 0.5) is 15.3 Å². The van der Waals surface area contributed by atoms with Crippen LogP contribution >= 0.6 is 0 Å². The molecule has 472 valence electrons. The van der Waals surface area contributed by atoms with Crippen LogP contribution in [0.2, 0.25) is 0 Å². The van der Waals surface area contributed by atoms with E-state index < -0.39 is 136 Å². The van der Waals surface area contributed by atoms with Crippen molar-refractivity contribution in [1.82, 2.24) is 36.0 Å². The first kappa shape index (κ1) is 71.8. The lowest BCUT2D eigenvalue weighted by atomic mass is 9.89. The van der Waals surface area contributed by atoms with Crippen LogP contribution in [0.1, 0.15) is 125 Å². The fraction of sp³-hybridized carbons (Fsp3) is 0.655. The standard InChI is InChI=1S/C58H94N10O15S/c1-15-35(8)49(43(81-13)30-45(69)68-28-20-24-42(68)51(82-14)36(9)52(71)62-37(10)50(70)38-21-17-16-18-22-38)66(11)56(75)47(33(4)5)65-55(74)48(34(6)7)67(12)58(77)83-31-39-25-26-40(29-44(39)84(78,79)80)63-53(72)41(23-19-27-61-57(60)76)64-54(73)46(59)32(2)3/h16-18,21-22,25-26,29,32-37,41-43,46-51,70H,15,19-20,23-24,27-28,30-31,59H2,1-14H3,(H,62,71)(H,63,72)(H,64,73)(H,65,74)(H3,60,61,76)(H,78,79,80)/t35-,36+,37+,41-,42-,43+,46-,47-,48-,49-,50+,51+/m0/s1. The van der Waals surface area contributed by atoms with Gasteiger partial charge in [-0.2, -0.15) is 8.42 Å². The van der Waals surface area contributed by atoms with Crippen LogP contribution in [0.25, 0.3) is 0 Å². The SMILES string of the molecule is CC[C@H](C)[C@@H]([C@@H](CC(=O)N1CCC[C@H]1[C@H](OC)[C@@H](C)C(=O)N[C@H](C)[C@@H](O)c1ccccc1)OC)N(C)C(=O)[C@@H](NC(=O)[C@H](C(C)C)N(C)C(=O)OCc1ccc(NC(=O)[C@H](CCCNC(N)=O)NC(=O)[C@@H](N)C(C)C)cc1S(=O)(=O)O)C(C)C. The summed E-state index contributed by atoms with van der Waals surface area (Å²) >= 11 is 0. The van der Waals surface area contributed by atoms with Gasteiger partial charge in [-0.25, -0.2) is 9.59 Å². The van der Waals surface area contributed by atoms with E-state index in [4.69, 9.17) is 25.7 Å². The maximum Gasteiger partial charge on any atom is 0.410 e. The fourth-order valence-electron chi connectivity index (χ4n) is 10.5. The van der Waals surface area contributed by atoms with Crippen molar-refractivity contribution in [1.29, 1.82) is 0 Å². The molecule has 2 aromatic carbocycles. The molecule has 3 rings (SSSR count). The number of benzene rings is 2. The zero-order chi connectivity index (χ0) is 63.5. The highest BCUT2D eigenvalue weighted by Gasteiger charge is 2.44. The lowest BCUT2D eigenvalue weighted by Crippen LogP contribution is -2.60. The van der Waals surface area contributed by atoms with E-state index in [0.29, 0.717) is 31.4 Å². The molecule has 9 amide bonds. The molecule has 0 unspecified atom stereocenters. The third-order valence-corrected chi connectivity index (χ3v) is 16.6. The van der Waals surface area contributed by atoms with E-state index >= 15 is 0 Å². The Labute approximate surface area is 495 Å². The summed E-state index contributed by atoms with van der Waals surface area (Å²) in [5, 5.41) is 24.2. The number of amides is 9. The fourth-order valence-corrected chi connectivity index (χ4v) is 11.2. The Morgan fingerprint density at radius 3 is 2.00 bits per heavy atom. The summed E-state index contributed by atoms with van der Waals surface area (Å²) in [6.45, 7) is 17.4. The molecule has 12 atom stereocenters. The molecule has 1 saturated heterocycles. The van der Waals surface area contributed by atoms with Crippen LogP contribution in [0.15, 0.2) is 53.4 Å². The Balaban J connectivity index is 1.79. The number of anilines is 1. The zero-order valence-corrected chi connectivity index (χ0v) is 52.1. The van der Waals surface area contributed by atoms with E-state index in [0.717, 1.165) is 11.0 Å². The maximum atomic E-state index is 14.8. The molecule has 0 radical (unpaired) electrons. The number of likely N-dealkylation sites (tertiary alicyclic amines) is 1. The quantitative estimate of drug-likeness (QED) is 0.0373. The molecular formula is C58H94N10O15S. The Morgan fingerprint density at radius 2 is 1.45 bits per heavy atom. The van der Waals surface area contributed by atoms with Gasteiger partial charge in [0.2, 0.25) is 35.4 Å². The second kappa shape index (κ2) is 33.3. The van der Waals surface area contributed by atoms with E-state index in [1.807, 2.05) is 19.9 Å². The molecule has 1 heterocycles. The van der Waals surface area contributed by atoms with Gasteiger partial charge < -0.3 is 67.2 Å². The topological polar surface area (TPSA) is 361 Å². The van der Waals surface area contributed by atoms with Crippen LogP contribution in [-0.4, -0.2) is 176 Å². The number of primary amides is 1. The van der Waals surface area contributed by atoms with Crippen molar-refractivity contribution in [3.8, 4) is 0 Å². The Hall–Kier alpha value is -6.45. The van der Waals surface area contributed by atoms with Gasteiger partial charge in [0, 0.05) is 52.7 Å². The molecule has 1 fully saturated rings. The van der Waals surface area contributed by atoms with Gasteiger partial charge in [-0.15, -0.1) is 0 Å². The monoisotopic (exact) mass is 1200 g/mol. The first-order chi connectivity index (χ1) is 39.3. The van der Waals surface area contributed by atoms with Crippen molar-refractivity contribution < 1.29 is 70.6 Å². The molecule has 1 aliphatic rings. The normalized spacial score (nSPS) is 17.5. The molecule has 0 aliphatic carbocycles. The van der Waals surface area contributed by atoms with E-state index in [-0.39, 0.29) is 60.7 Å². The number of nitrogens with zero attached hydrogens (tertiary/aromatic N) is 3. The van der Waals surface area contributed by atoms with Crippen molar-refractivity contribution >= 4 is 63.4 Å². The molecule has 84 heavy (non-hydrogen) atoms. The van der Waals surface area contributed by atoms with Crippen molar-refractivity contribution in [2.45, 2.75) is 180 Å². The predicted molar refractivity (Wildman–Crippen MR) is 315 cm³/mol. The zero-order valence-electron chi connectivity index (χ0n) is 51.2. The average molecular weight is 1200 g/mol. The summed E-state index contributed by atoms with van der Waals surface area (Å²) in [4.78, 5) is 112. The number of carbonyl (C=O) groups excluding carboxylic acids is 8. The second-order valence-electron chi connectivity index (χ2n) is 22.9. The molecule has 0 aromatic heterocycles. The van der Waals surface area contributed by atoms with Gasteiger partial charge in [0.05, 0.1) is 54.8 Å². The summed E-state index contributed by atoms with van der Waals surface area (Å²) < 4.78 is 53.2. The van der Waals surface area contributed by atoms with E-state index in [2.05, 4.69) is 26.6 Å². The third-order valence-electron chi connectivity index (χ3n) is 15.7. The number of aliphatic hydroxyl groups is 1. The summed E-state index contributed by atoms with van der Waals surface area (Å²) in [5.41, 5.74) is 11.5. The number of rotatable bonds is 32. The molecule has 0 spiro atoms. The predicted octanol–water partition coefficient (Wildman–Crippen LogP) is 3.68. The van der Waals surface area contributed by atoms with E-state index in [1.165, 1.54) is 38.3 Å². The van der Waals surface area contributed by atoms with Crippen molar-refractivity contribution in [2.75, 3.05) is 46.7 Å². The number of likely N-dealkylation sites (N-methyl/N-ethyl adjacent to an activating group) is 2. The van der Waals surface area contributed by atoms with Crippen LogP contribution in [0, 0.1) is 29.6 Å². The largest absolute Gasteiger partial charge is 0.444 e. The van der Waals surface area contributed by atoms with Gasteiger partial charge in [0.25, 0.3) is 10.1 Å². The summed E-state index contributed by atoms with van der Waals surface area (Å²) in [6, 6.07) is 5.34. The number of aliphatic hydroxyl groups excluding tert-OH is 1. The van der Waals surface area contributed by atoms with Crippen LogP contribution < -0.4 is 38.1 Å². The molecule has 2 aromatic rings. The minimum atomic E-state index is -5.02. The Kier molecular flexibility index (Phi) is 28.5. The summed E-state index contributed by atoms with van der Waals surface area (Å²) in [7, 11) is 0.831. The number of hydrogen-bond acceptors (Lipinski definition) is 15. The number of nitrogens with two attached hydrogens (primary N) is 2. The number of methoxy groups -OCH3 is 2. The number of carbonyl (C=O) groups is 8. The van der Waals surface area contributed by atoms with Crippen molar-refractivity contribution in [2.24, 2.45) is 41.1 Å². The van der Waals surface area contributed by atoms with Gasteiger partial charge >= 0.3 is 12.1 Å². The van der Waals surface area contributed by atoms with Crippen molar-refractivity contribution in [3.05, 3.63) is 59.7 Å². The van der Waals surface area contributed by atoms with Gasteiger partial charge in [-0.3, -0.25) is 38.2 Å². The highest BCUT2D eigenvalue weighted by Crippen LogP contribution is 2.31. The first-order valence-electron chi connectivity index (χ1n) is 28.7. The first-order valence-corrected chi connectivity index (χ1v) is 30.1. The number of urea groups is 1. The van der Waals surface area contributed by atoms with Crippen molar-refractivity contribution in [3.63, 3.8) is 0 Å². The molecule has 11 N–H and O–H groups in total. The minimum absolute atomic E-state index is 0.0143. The Bertz CT molecular complexity index is 2650. The third kappa shape index (κ3) is 20.1. The maximum absolute atomic E-state index is 14.8. The number of nitrogens with one attached hydrogen (secondary N) is 5. The van der Waals surface area contributed by atoms with E-state index in [9.17, 15) is 56.4 Å². The molecular weight excluding hydrogens is 1110 g/mol. The molecule has 0 saturated carbocycles. The highest BCUT2D eigenvalue weighted by atomic mass is 32.2. The lowest BCUT2D eigenvalue weighted by molar-refractivity contribution is -0.148. The average Bonchev–Trinajstić information content (AvgIpc) is 3.69. The molecule has 1 aliphatic heterocycles. The number of ether oxygens (including phenoxy) is 3. The van der Waals surface area contributed by atoms with Crippen LogP contribution in [-0.2, 0) is 59.7 Å². The van der Waals surface area contributed by atoms with Crippen LogP contribution in [0.3, 0.4) is 0 Å². The van der Waals surface area contributed by atoms with E-state index in [1.54, 1.807) is 91.6 Å². The number of hydrogen-bond donors (Lipinski definition) is 9. The van der Waals surface area contributed by atoms with Gasteiger partial charge in [0.15, 0.2) is 0 Å². The molecule has 26 heteroatoms. The van der Waals surface area contributed by atoms with Gasteiger partial charge in [0.1, 0.15) is 29.6 Å². The van der Waals surface area contributed by atoms with Gasteiger partial charge in [-0.05, 0) is 74.0 Å².